The maximum absolute atomic E-state index is 11.4. The Balaban J connectivity index is 1.99. The van der Waals surface area contributed by atoms with Crippen LogP contribution in [0.15, 0.2) is 24.4 Å². The number of amides is 1. The molecule has 1 aliphatic rings. The fourth-order valence-electron chi connectivity index (χ4n) is 2.17. The van der Waals surface area contributed by atoms with E-state index in [4.69, 9.17) is 10.8 Å². The van der Waals surface area contributed by atoms with Crippen molar-refractivity contribution in [1.82, 2.24) is 14.8 Å². The largest absolute Gasteiger partial charge is 0.373 e. The minimum atomic E-state index is -1.32. The first-order valence-corrected chi connectivity index (χ1v) is 7.09. The van der Waals surface area contributed by atoms with Gasteiger partial charge in [-0.15, -0.1) is 0 Å². The number of aldehydes is 1. The summed E-state index contributed by atoms with van der Waals surface area (Å²) in [6.07, 6.45) is 2.66. The van der Waals surface area contributed by atoms with Crippen LogP contribution < -0.4 is 5.73 Å². The van der Waals surface area contributed by atoms with Crippen LogP contribution in [0.4, 0.5) is 0 Å². The van der Waals surface area contributed by atoms with E-state index in [1.165, 1.54) is 0 Å². The Kier molecular flexibility index (Phi) is 3.91. The third-order valence-electron chi connectivity index (χ3n) is 3.44. The van der Waals surface area contributed by atoms with E-state index < -0.39 is 12.0 Å². The van der Waals surface area contributed by atoms with Crippen molar-refractivity contribution in [3.05, 3.63) is 41.3 Å². The van der Waals surface area contributed by atoms with Crippen molar-refractivity contribution in [1.29, 1.82) is 0 Å². The molecule has 3 rings (SSSR count). The quantitative estimate of drug-likeness (QED) is 0.617. The van der Waals surface area contributed by atoms with E-state index in [1.54, 1.807) is 29.1 Å². The van der Waals surface area contributed by atoms with Crippen molar-refractivity contribution in [2.75, 3.05) is 0 Å². The van der Waals surface area contributed by atoms with Crippen molar-refractivity contribution in [2.24, 2.45) is 5.73 Å². The minimum absolute atomic E-state index is 0.196. The predicted molar refractivity (Wildman–Crippen MR) is 80.8 cm³/mol. The molecule has 1 fully saturated rings. The summed E-state index contributed by atoms with van der Waals surface area (Å²) in [5, 5.41) is 13.4. The van der Waals surface area contributed by atoms with Gasteiger partial charge in [0.25, 0.3) is 5.91 Å². The Hall–Kier alpha value is -2.98. The maximum atomic E-state index is 11.4. The van der Waals surface area contributed by atoms with Crippen molar-refractivity contribution in [3.8, 4) is 17.7 Å². The smallest absolute Gasteiger partial charge is 0.269 e. The fraction of sp³-hybridized carbons (Fsp3) is 0.250. The molecule has 0 spiro atoms. The number of rotatable bonds is 4. The van der Waals surface area contributed by atoms with Gasteiger partial charge in [0.1, 0.15) is 0 Å². The zero-order valence-electron chi connectivity index (χ0n) is 12.1. The number of carbonyl (C=O) groups is 2. The molecule has 0 aromatic carbocycles. The van der Waals surface area contributed by atoms with Gasteiger partial charge in [-0.25, -0.2) is 9.67 Å². The number of primary amides is 1. The normalized spacial score (nSPS) is 14.7. The number of aromatic nitrogens is 3. The van der Waals surface area contributed by atoms with Gasteiger partial charge in [-0.2, -0.15) is 5.10 Å². The van der Waals surface area contributed by atoms with Gasteiger partial charge in [-0.1, -0.05) is 11.8 Å². The molecule has 1 unspecified atom stereocenters. The van der Waals surface area contributed by atoms with Crippen molar-refractivity contribution >= 4 is 12.2 Å². The number of hydrogen-bond acceptors (Lipinski definition) is 5. The number of nitrogens with two attached hydrogens (primary N) is 1. The second-order valence-electron chi connectivity index (χ2n) is 5.26. The van der Waals surface area contributed by atoms with Crippen LogP contribution in [0.5, 0.6) is 0 Å². The van der Waals surface area contributed by atoms with E-state index in [2.05, 4.69) is 21.9 Å². The molecule has 1 amide bonds. The summed E-state index contributed by atoms with van der Waals surface area (Å²) >= 11 is 0. The van der Waals surface area contributed by atoms with Crippen LogP contribution in [0.25, 0.3) is 5.82 Å². The third kappa shape index (κ3) is 3.27. The number of hydrogen-bond donors (Lipinski definition) is 2. The summed E-state index contributed by atoms with van der Waals surface area (Å²) in [4.78, 5) is 26.0. The van der Waals surface area contributed by atoms with E-state index in [1.807, 2.05) is 0 Å². The summed E-state index contributed by atoms with van der Waals surface area (Å²) in [7, 11) is 0. The zero-order chi connectivity index (χ0) is 16.4. The van der Waals surface area contributed by atoms with Crippen LogP contribution >= 0.6 is 0 Å². The summed E-state index contributed by atoms with van der Waals surface area (Å²) < 4.78 is 1.60. The van der Waals surface area contributed by atoms with Gasteiger partial charge in [0, 0.05) is 23.4 Å². The molecule has 0 saturated heterocycles. The first kappa shape index (κ1) is 14.9. The van der Waals surface area contributed by atoms with Crippen molar-refractivity contribution in [3.63, 3.8) is 0 Å². The topological polar surface area (TPSA) is 111 Å². The highest BCUT2D eigenvalue weighted by Gasteiger charge is 2.29. The molecule has 0 bridgehead atoms. The third-order valence-corrected chi connectivity index (χ3v) is 3.44. The average molecular weight is 310 g/mol. The lowest BCUT2D eigenvalue weighted by atomic mass is 10.2. The maximum Gasteiger partial charge on any atom is 0.269 e. The molecule has 1 atom stereocenters. The summed E-state index contributed by atoms with van der Waals surface area (Å²) in [5.41, 5.74) is 6.97. The lowest BCUT2D eigenvalue weighted by molar-refractivity contribution is -0.112. The standard InChI is InChI=1S/C16H14N4O3/c17-16(23)13-8-14(11-2-3-11)20(19-13)15-7-10(5-6-18-15)1-4-12(22)9-21/h5-9,11-12,22H,2-3H2,(H2,17,23). The number of aliphatic hydroxyl groups is 1. The molecule has 2 heterocycles. The molecule has 116 valence electrons. The zero-order valence-corrected chi connectivity index (χ0v) is 12.1. The average Bonchev–Trinajstić information content (AvgIpc) is 3.30. The SMILES string of the molecule is NC(=O)c1cc(C2CC2)n(-c2cc(C#CC(O)C=O)ccn2)n1. The lowest BCUT2D eigenvalue weighted by Gasteiger charge is -2.05. The Labute approximate surface area is 132 Å². The van der Waals surface area contributed by atoms with E-state index in [0.29, 0.717) is 23.6 Å². The van der Waals surface area contributed by atoms with E-state index in [9.17, 15) is 9.59 Å². The highest BCUT2D eigenvalue weighted by molar-refractivity contribution is 5.91. The molecule has 3 N–H and O–H groups in total. The number of pyridine rings is 1. The molecular weight excluding hydrogens is 296 g/mol. The van der Waals surface area contributed by atoms with Gasteiger partial charge in [-0.3, -0.25) is 9.59 Å². The second kappa shape index (κ2) is 6.02. The van der Waals surface area contributed by atoms with Crippen LogP contribution in [-0.4, -0.2) is 38.2 Å². The monoisotopic (exact) mass is 310 g/mol. The molecular formula is C16H14N4O3. The molecule has 2 aromatic heterocycles. The summed E-state index contributed by atoms with van der Waals surface area (Å²) in [6, 6.07) is 5.02. The minimum Gasteiger partial charge on any atom is -0.373 e. The molecule has 7 heteroatoms. The molecule has 0 radical (unpaired) electrons. The molecule has 23 heavy (non-hydrogen) atoms. The second-order valence-corrected chi connectivity index (χ2v) is 5.26. The summed E-state index contributed by atoms with van der Waals surface area (Å²) in [6.45, 7) is 0. The van der Waals surface area contributed by atoms with E-state index >= 15 is 0 Å². The Bertz CT molecular complexity index is 827. The van der Waals surface area contributed by atoms with Crippen LogP contribution in [-0.2, 0) is 4.79 Å². The molecule has 2 aromatic rings. The first-order valence-electron chi connectivity index (χ1n) is 7.09. The number of carbonyl (C=O) groups excluding carboxylic acids is 2. The number of nitrogens with zero attached hydrogens (tertiary/aromatic N) is 3. The van der Waals surface area contributed by atoms with Crippen LogP contribution in [0, 0.1) is 11.8 Å². The van der Waals surface area contributed by atoms with Crippen molar-refractivity contribution < 1.29 is 14.7 Å². The van der Waals surface area contributed by atoms with E-state index in [0.717, 1.165) is 18.5 Å². The predicted octanol–water partition coefficient (Wildman–Crippen LogP) is 0.155. The molecule has 7 nitrogen and oxygen atoms in total. The Morgan fingerprint density at radius 2 is 2.26 bits per heavy atom. The van der Waals surface area contributed by atoms with Gasteiger partial charge >= 0.3 is 0 Å². The van der Waals surface area contributed by atoms with Crippen LogP contribution in [0.1, 0.15) is 40.5 Å². The Morgan fingerprint density at radius 3 is 2.91 bits per heavy atom. The van der Waals surface area contributed by atoms with Gasteiger partial charge in [0.05, 0.1) is 0 Å². The van der Waals surface area contributed by atoms with Crippen LogP contribution in [0.2, 0.25) is 0 Å². The molecule has 0 aliphatic heterocycles. The number of aliphatic hydroxyl groups excluding tert-OH is 1. The summed E-state index contributed by atoms with van der Waals surface area (Å²) in [5.74, 6) is 5.37. The van der Waals surface area contributed by atoms with Gasteiger partial charge < -0.3 is 10.8 Å². The highest BCUT2D eigenvalue weighted by atomic mass is 16.3. The first-order chi connectivity index (χ1) is 11.1. The van der Waals surface area contributed by atoms with Crippen molar-refractivity contribution in [2.45, 2.75) is 24.9 Å². The molecule has 1 saturated carbocycles. The lowest BCUT2D eigenvalue weighted by Crippen LogP contribution is -2.12. The highest BCUT2D eigenvalue weighted by Crippen LogP contribution is 2.40. The van der Waals surface area contributed by atoms with E-state index in [-0.39, 0.29) is 5.69 Å². The molecule has 1 aliphatic carbocycles. The van der Waals surface area contributed by atoms with Crippen LogP contribution in [0.3, 0.4) is 0 Å². The Morgan fingerprint density at radius 1 is 1.48 bits per heavy atom. The van der Waals surface area contributed by atoms with Gasteiger partial charge in [0.15, 0.2) is 23.9 Å². The fourth-order valence-corrected chi connectivity index (χ4v) is 2.17. The van der Waals surface area contributed by atoms with Gasteiger partial charge in [-0.05, 0) is 31.0 Å². The van der Waals surface area contributed by atoms with Gasteiger partial charge in [0.2, 0.25) is 0 Å².